The van der Waals surface area contributed by atoms with Gasteiger partial charge in [-0.15, -0.1) is 0 Å². The molecule has 0 aromatic carbocycles. The Hall–Kier alpha value is -1.10. The van der Waals surface area contributed by atoms with Crippen LogP contribution in [-0.4, -0.2) is 36.6 Å². The molecule has 2 fully saturated rings. The van der Waals surface area contributed by atoms with Gasteiger partial charge in [-0.25, -0.2) is 0 Å². The average molecular weight is 226 g/mol. The number of carbonyl (C=O) groups excluding carboxylic acids is 2. The van der Waals surface area contributed by atoms with Crippen molar-refractivity contribution in [3.05, 3.63) is 0 Å². The van der Waals surface area contributed by atoms with Gasteiger partial charge in [0.05, 0.1) is 17.6 Å². The predicted molar refractivity (Wildman–Crippen MR) is 57.7 cm³/mol. The van der Waals surface area contributed by atoms with E-state index in [4.69, 9.17) is 4.74 Å². The quantitative estimate of drug-likeness (QED) is 0.685. The molecular formula is C11H18N2O3. The first-order valence-corrected chi connectivity index (χ1v) is 5.71. The van der Waals surface area contributed by atoms with E-state index < -0.39 is 0 Å². The van der Waals surface area contributed by atoms with Crippen molar-refractivity contribution >= 4 is 11.8 Å². The molecule has 2 aliphatic heterocycles. The SMILES string of the molecule is CC1OCCC1(C)NC(=O)C1CNC(=O)C1. The first-order valence-electron chi connectivity index (χ1n) is 5.71. The Bertz CT molecular complexity index is 318. The number of hydrogen-bond donors (Lipinski definition) is 2. The van der Waals surface area contributed by atoms with Gasteiger partial charge in [0.15, 0.2) is 0 Å². The van der Waals surface area contributed by atoms with Crippen LogP contribution >= 0.6 is 0 Å². The summed E-state index contributed by atoms with van der Waals surface area (Å²) >= 11 is 0. The van der Waals surface area contributed by atoms with E-state index in [-0.39, 0.29) is 29.4 Å². The smallest absolute Gasteiger partial charge is 0.225 e. The molecule has 0 aromatic heterocycles. The minimum Gasteiger partial charge on any atom is -0.376 e. The van der Waals surface area contributed by atoms with E-state index in [2.05, 4.69) is 10.6 Å². The molecule has 0 spiro atoms. The highest BCUT2D eigenvalue weighted by molar-refractivity contribution is 5.89. The fraction of sp³-hybridized carbons (Fsp3) is 0.818. The maximum atomic E-state index is 11.9. The lowest BCUT2D eigenvalue weighted by molar-refractivity contribution is -0.128. The molecule has 0 aromatic rings. The van der Waals surface area contributed by atoms with Crippen molar-refractivity contribution < 1.29 is 14.3 Å². The number of hydrogen-bond acceptors (Lipinski definition) is 3. The van der Waals surface area contributed by atoms with Crippen molar-refractivity contribution in [2.75, 3.05) is 13.2 Å². The molecule has 3 atom stereocenters. The second-order valence-corrected chi connectivity index (χ2v) is 4.87. The maximum Gasteiger partial charge on any atom is 0.225 e. The second kappa shape index (κ2) is 4.05. The van der Waals surface area contributed by atoms with Crippen LogP contribution < -0.4 is 10.6 Å². The summed E-state index contributed by atoms with van der Waals surface area (Å²) in [5, 5.41) is 5.68. The van der Waals surface area contributed by atoms with Crippen molar-refractivity contribution in [3.8, 4) is 0 Å². The zero-order valence-electron chi connectivity index (χ0n) is 9.71. The standard InChI is InChI=1S/C11H18N2O3/c1-7-11(2,3-4-16-7)13-10(15)8-5-9(14)12-6-8/h7-8H,3-6H2,1-2H3,(H,12,14)(H,13,15). The van der Waals surface area contributed by atoms with Crippen LogP contribution in [0.4, 0.5) is 0 Å². The molecule has 3 unspecified atom stereocenters. The molecule has 2 heterocycles. The maximum absolute atomic E-state index is 11.9. The lowest BCUT2D eigenvalue weighted by atomic mass is 9.93. The van der Waals surface area contributed by atoms with Crippen LogP contribution in [0, 0.1) is 5.92 Å². The van der Waals surface area contributed by atoms with Crippen LogP contribution in [0.15, 0.2) is 0 Å². The second-order valence-electron chi connectivity index (χ2n) is 4.87. The van der Waals surface area contributed by atoms with E-state index in [1.54, 1.807) is 0 Å². The minimum atomic E-state index is -0.289. The largest absolute Gasteiger partial charge is 0.376 e. The van der Waals surface area contributed by atoms with E-state index in [1.807, 2.05) is 13.8 Å². The van der Waals surface area contributed by atoms with Gasteiger partial charge in [0.1, 0.15) is 0 Å². The van der Waals surface area contributed by atoms with E-state index in [1.165, 1.54) is 0 Å². The number of amides is 2. The van der Waals surface area contributed by atoms with Gasteiger partial charge in [-0.3, -0.25) is 9.59 Å². The zero-order valence-corrected chi connectivity index (χ0v) is 9.71. The van der Waals surface area contributed by atoms with Crippen LogP contribution in [0.3, 0.4) is 0 Å². The number of nitrogens with one attached hydrogen (secondary N) is 2. The van der Waals surface area contributed by atoms with E-state index in [0.29, 0.717) is 19.6 Å². The van der Waals surface area contributed by atoms with Crippen molar-refractivity contribution in [3.63, 3.8) is 0 Å². The van der Waals surface area contributed by atoms with Crippen LogP contribution in [-0.2, 0) is 14.3 Å². The Kier molecular flexibility index (Phi) is 2.88. The summed E-state index contributed by atoms with van der Waals surface area (Å²) in [6, 6.07) is 0. The molecular weight excluding hydrogens is 208 g/mol. The lowest BCUT2D eigenvalue weighted by Crippen LogP contribution is -2.52. The molecule has 16 heavy (non-hydrogen) atoms. The fourth-order valence-corrected chi connectivity index (χ4v) is 2.17. The summed E-state index contributed by atoms with van der Waals surface area (Å²) in [4.78, 5) is 23.0. The Morgan fingerprint density at radius 1 is 1.62 bits per heavy atom. The number of carbonyl (C=O) groups is 2. The van der Waals surface area contributed by atoms with Gasteiger partial charge >= 0.3 is 0 Å². The van der Waals surface area contributed by atoms with Gasteiger partial charge in [0.2, 0.25) is 11.8 Å². The molecule has 5 nitrogen and oxygen atoms in total. The summed E-state index contributed by atoms with van der Waals surface area (Å²) in [6.07, 6.45) is 1.16. The number of ether oxygens (including phenoxy) is 1. The van der Waals surface area contributed by atoms with Crippen molar-refractivity contribution in [1.82, 2.24) is 10.6 Å². The van der Waals surface area contributed by atoms with Crippen molar-refractivity contribution in [1.29, 1.82) is 0 Å². The van der Waals surface area contributed by atoms with Gasteiger partial charge in [0.25, 0.3) is 0 Å². The van der Waals surface area contributed by atoms with E-state index in [9.17, 15) is 9.59 Å². The monoisotopic (exact) mass is 226 g/mol. The third kappa shape index (κ3) is 2.04. The van der Waals surface area contributed by atoms with Gasteiger partial charge in [0, 0.05) is 19.6 Å². The molecule has 0 saturated carbocycles. The Balaban J connectivity index is 1.94. The summed E-state index contributed by atoms with van der Waals surface area (Å²) < 4.78 is 5.46. The summed E-state index contributed by atoms with van der Waals surface area (Å²) in [5.41, 5.74) is -0.289. The van der Waals surface area contributed by atoms with E-state index in [0.717, 1.165) is 6.42 Å². The highest BCUT2D eigenvalue weighted by Crippen LogP contribution is 2.25. The van der Waals surface area contributed by atoms with E-state index >= 15 is 0 Å². The third-order valence-corrected chi connectivity index (χ3v) is 3.64. The van der Waals surface area contributed by atoms with Crippen LogP contribution in [0.1, 0.15) is 26.7 Å². The minimum absolute atomic E-state index is 0.0292. The molecule has 2 rings (SSSR count). The van der Waals surface area contributed by atoms with Crippen LogP contribution in [0.5, 0.6) is 0 Å². The average Bonchev–Trinajstić information content (AvgIpc) is 2.76. The highest BCUT2D eigenvalue weighted by Gasteiger charge is 2.40. The highest BCUT2D eigenvalue weighted by atomic mass is 16.5. The first kappa shape index (κ1) is 11.4. The van der Waals surface area contributed by atoms with Gasteiger partial charge in [-0.05, 0) is 20.3 Å². The Morgan fingerprint density at radius 3 is 2.88 bits per heavy atom. The molecule has 0 bridgehead atoms. The van der Waals surface area contributed by atoms with Gasteiger partial charge < -0.3 is 15.4 Å². The normalized spacial score (nSPS) is 38.5. The molecule has 5 heteroatoms. The molecule has 2 saturated heterocycles. The topological polar surface area (TPSA) is 67.4 Å². The number of rotatable bonds is 2. The van der Waals surface area contributed by atoms with Crippen molar-refractivity contribution in [2.45, 2.75) is 38.3 Å². The lowest BCUT2D eigenvalue weighted by Gasteiger charge is -2.29. The summed E-state index contributed by atoms with van der Waals surface area (Å²) in [7, 11) is 0. The van der Waals surface area contributed by atoms with Crippen LogP contribution in [0.25, 0.3) is 0 Å². The molecule has 90 valence electrons. The molecule has 2 amide bonds. The molecule has 2 N–H and O–H groups in total. The fourth-order valence-electron chi connectivity index (χ4n) is 2.17. The predicted octanol–water partition coefficient (Wildman–Crippen LogP) is -0.194. The van der Waals surface area contributed by atoms with Crippen LogP contribution in [0.2, 0.25) is 0 Å². The molecule has 0 aliphatic carbocycles. The third-order valence-electron chi connectivity index (χ3n) is 3.64. The molecule has 2 aliphatic rings. The van der Waals surface area contributed by atoms with Gasteiger partial charge in [-0.2, -0.15) is 0 Å². The summed E-state index contributed by atoms with van der Waals surface area (Å²) in [5.74, 6) is -0.309. The zero-order chi connectivity index (χ0) is 11.8. The Morgan fingerprint density at radius 2 is 2.38 bits per heavy atom. The van der Waals surface area contributed by atoms with Crippen molar-refractivity contribution in [2.24, 2.45) is 5.92 Å². The molecule has 0 radical (unpaired) electrons. The van der Waals surface area contributed by atoms with Gasteiger partial charge in [-0.1, -0.05) is 0 Å². The Labute approximate surface area is 94.9 Å². The summed E-state index contributed by atoms with van der Waals surface area (Å²) in [6.45, 7) is 5.09. The first-order chi connectivity index (χ1) is 7.51.